The Kier molecular flexibility index (Phi) is 5.64. The average molecular weight is 424 g/mol. The molecule has 8 heteroatoms. The Morgan fingerprint density at radius 3 is 2.79 bits per heavy atom. The molecule has 0 saturated carbocycles. The maximum atomic E-state index is 12.9. The molecule has 0 radical (unpaired) electrons. The van der Waals surface area contributed by atoms with E-state index in [-0.39, 0.29) is 5.78 Å². The number of ketones is 1. The Hall–Kier alpha value is -2.71. The van der Waals surface area contributed by atoms with Gasteiger partial charge in [0.25, 0.3) is 0 Å². The highest BCUT2D eigenvalue weighted by Crippen LogP contribution is 2.25. The Bertz CT molecular complexity index is 1130. The van der Waals surface area contributed by atoms with Crippen molar-refractivity contribution in [1.29, 1.82) is 0 Å². The van der Waals surface area contributed by atoms with Crippen LogP contribution in [-0.4, -0.2) is 35.9 Å². The van der Waals surface area contributed by atoms with Crippen LogP contribution >= 0.6 is 23.1 Å². The zero-order valence-electron chi connectivity index (χ0n) is 16.5. The number of carbonyl (C=O) groups excluding carboxylic acids is 1. The second-order valence-electron chi connectivity index (χ2n) is 6.77. The number of hydrogen-bond donors (Lipinski definition) is 0. The molecule has 148 valence electrons. The molecule has 0 aliphatic heterocycles. The molecule has 0 aromatic carbocycles. The Labute approximate surface area is 177 Å². The van der Waals surface area contributed by atoms with Crippen molar-refractivity contribution in [3.8, 4) is 11.4 Å². The summed E-state index contributed by atoms with van der Waals surface area (Å²) in [5.74, 6) is 1.16. The van der Waals surface area contributed by atoms with Gasteiger partial charge in [0.2, 0.25) is 0 Å². The number of hydrogen-bond acceptors (Lipinski definition) is 6. The predicted molar refractivity (Wildman–Crippen MR) is 117 cm³/mol. The molecule has 29 heavy (non-hydrogen) atoms. The first kappa shape index (κ1) is 19.6. The number of rotatable bonds is 7. The minimum absolute atomic E-state index is 0.103. The molecule has 0 unspecified atom stereocenters. The van der Waals surface area contributed by atoms with Gasteiger partial charge in [-0.2, -0.15) is 0 Å². The van der Waals surface area contributed by atoms with Crippen LogP contribution in [-0.2, 0) is 13.6 Å². The molecule has 0 N–H and O–H groups in total. The molecular formula is C21H21N5OS2. The van der Waals surface area contributed by atoms with Gasteiger partial charge in [-0.1, -0.05) is 17.8 Å². The van der Waals surface area contributed by atoms with Crippen molar-refractivity contribution in [3.63, 3.8) is 0 Å². The number of nitrogens with zero attached hydrogens (tertiary/aromatic N) is 5. The zero-order valence-corrected chi connectivity index (χ0v) is 18.1. The molecule has 0 amide bonds. The van der Waals surface area contributed by atoms with Gasteiger partial charge in [-0.25, -0.2) is 0 Å². The number of thioether (sulfide) groups is 1. The minimum atomic E-state index is 0.103. The van der Waals surface area contributed by atoms with Crippen molar-refractivity contribution in [2.24, 2.45) is 7.05 Å². The number of carbonyl (C=O) groups is 1. The van der Waals surface area contributed by atoms with E-state index < -0.39 is 0 Å². The summed E-state index contributed by atoms with van der Waals surface area (Å²) in [6.07, 6.45) is 3.48. The molecule has 0 bridgehead atoms. The van der Waals surface area contributed by atoms with E-state index in [1.165, 1.54) is 16.6 Å². The fourth-order valence-electron chi connectivity index (χ4n) is 3.28. The number of aryl methyl sites for hydroxylation is 1. The van der Waals surface area contributed by atoms with E-state index >= 15 is 0 Å². The molecular weight excluding hydrogens is 402 g/mol. The molecule has 4 aromatic heterocycles. The maximum Gasteiger partial charge on any atom is 0.191 e. The van der Waals surface area contributed by atoms with Crippen LogP contribution in [0.4, 0.5) is 0 Å². The van der Waals surface area contributed by atoms with Gasteiger partial charge in [0.15, 0.2) is 16.8 Å². The van der Waals surface area contributed by atoms with Gasteiger partial charge >= 0.3 is 0 Å². The number of pyridine rings is 1. The Morgan fingerprint density at radius 2 is 2.07 bits per heavy atom. The second-order valence-corrected chi connectivity index (χ2v) is 8.74. The molecule has 4 aromatic rings. The van der Waals surface area contributed by atoms with Gasteiger partial charge < -0.3 is 9.13 Å². The van der Waals surface area contributed by atoms with Gasteiger partial charge in [-0.15, -0.1) is 21.5 Å². The third-order valence-corrected chi connectivity index (χ3v) is 6.74. The molecule has 0 aliphatic carbocycles. The van der Waals surface area contributed by atoms with Crippen LogP contribution in [0.5, 0.6) is 0 Å². The summed E-state index contributed by atoms with van der Waals surface area (Å²) >= 11 is 3.14. The largest absolute Gasteiger partial charge is 0.343 e. The highest BCUT2D eigenvalue weighted by atomic mass is 32.2. The van der Waals surface area contributed by atoms with Crippen LogP contribution < -0.4 is 0 Å². The highest BCUT2D eigenvalue weighted by molar-refractivity contribution is 7.99. The molecule has 4 rings (SSSR count). The number of aromatic nitrogens is 5. The van der Waals surface area contributed by atoms with Crippen LogP contribution in [0.2, 0.25) is 0 Å². The average Bonchev–Trinajstić information content (AvgIpc) is 3.44. The molecule has 0 saturated heterocycles. The van der Waals surface area contributed by atoms with Crippen molar-refractivity contribution >= 4 is 28.9 Å². The van der Waals surface area contributed by atoms with Crippen molar-refractivity contribution in [1.82, 2.24) is 24.3 Å². The van der Waals surface area contributed by atoms with Crippen molar-refractivity contribution in [3.05, 3.63) is 69.9 Å². The molecule has 0 atom stereocenters. The standard InChI is InChI=1S/C21H21N5OS2/c1-14-10-18(15(2)26(14)12-17-7-5-9-28-17)19(27)13-29-21-24-23-20(25(21)3)16-6-4-8-22-11-16/h4-11H,12-13H2,1-3H3. The van der Waals surface area contributed by atoms with Crippen LogP contribution in [0.3, 0.4) is 0 Å². The van der Waals surface area contributed by atoms with Crippen LogP contribution in [0.15, 0.2) is 53.3 Å². The second kappa shape index (κ2) is 8.34. The highest BCUT2D eigenvalue weighted by Gasteiger charge is 2.18. The van der Waals surface area contributed by atoms with Crippen molar-refractivity contribution in [2.45, 2.75) is 25.5 Å². The van der Waals surface area contributed by atoms with E-state index in [0.717, 1.165) is 34.9 Å². The smallest absolute Gasteiger partial charge is 0.191 e. The minimum Gasteiger partial charge on any atom is -0.343 e. The molecule has 6 nitrogen and oxygen atoms in total. The SMILES string of the molecule is Cc1cc(C(=O)CSc2nnc(-c3cccnc3)n2C)c(C)n1Cc1cccs1. The first-order valence-electron chi connectivity index (χ1n) is 9.19. The van der Waals surface area contributed by atoms with E-state index in [1.54, 1.807) is 23.7 Å². The lowest BCUT2D eigenvalue weighted by Gasteiger charge is -2.08. The maximum absolute atomic E-state index is 12.9. The summed E-state index contributed by atoms with van der Waals surface area (Å²) in [6, 6.07) is 9.97. The van der Waals surface area contributed by atoms with Gasteiger partial charge in [0.1, 0.15) is 0 Å². The summed E-state index contributed by atoms with van der Waals surface area (Å²) in [6.45, 7) is 4.86. The predicted octanol–water partition coefficient (Wildman–Crippen LogP) is 4.38. The Balaban J connectivity index is 1.48. The van der Waals surface area contributed by atoms with Crippen LogP contribution in [0, 0.1) is 13.8 Å². The lowest BCUT2D eigenvalue weighted by atomic mass is 10.2. The van der Waals surface area contributed by atoms with E-state index in [4.69, 9.17) is 0 Å². The quantitative estimate of drug-likeness (QED) is 0.326. The lowest BCUT2D eigenvalue weighted by Crippen LogP contribution is -2.07. The number of thiophene rings is 1. The first-order valence-corrected chi connectivity index (χ1v) is 11.1. The fraction of sp³-hybridized carbons (Fsp3) is 0.238. The topological polar surface area (TPSA) is 65.6 Å². The van der Waals surface area contributed by atoms with Gasteiger partial charge in [0.05, 0.1) is 12.3 Å². The summed E-state index contributed by atoms with van der Waals surface area (Å²) in [5, 5.41) is 11.3. The van der Waals surface area contributed by atoms with Gasteiger partial charge in [-0.05, 0) is 43.5 Å². The molecule has 4 heterocycles. The monoisotopic (exact) mass is 423 g/mol. The van der Waals surface area contributed by atoms with E-state index in [2.05, 4.69) is 37.3 Å². The Morgan fingerprint density at radius 1 is 1.21 bits per heavy atom. The van der Waals surface area contributed by atoms with Crippen LogP contribution in [0.1, 0.15) is 26.6 Å². The van der Waals surface area contributed by atoms with Crippen LogP contribution in [0.25, 0.3) is 11.4 Å². The van der Waals surface area contributed by atoms with Crippen molar-refractivity contribution < 1.29 is 4.79 Å². The van der Waals surface area contributed by atoms with Crippen molar-refractivity contribution in [2.75, 3.05) is 5.75 Å². The fourth-order valence-corrected chi connectivity index (χ4v) is 4.77. The lowest BCUT2D eigenvalue weighted by molar-refractivity contribution is 0.102. The summed E-state index contributed by atoms with van der Waals surface area (Å²) in [5.41, 5.74) is 3.79. The first-order chi connectivity index (χ1) is 14.0. The van der Waals surface area contributed by atoms with Gasteiger partial charge in [0, 0.05) is 46.8 Å². The van der Waals surface area contributed by atoms with E-state index in [0.29, 0.717) is 10.9 Å². The van der Waals surface area contributed by atoms with E-state index in [9.17, 15) is 4.79 Å². The van der Waals surface area contributed by atoms with Gasteiger partial charge in [-0.3, -0.25) is 9.78 Å². The third kappa shape index (κ3) is 4.04. The summed E-state index contributed by atoms with van der Waals surface area (Å²) in [4.78, 5) is 18.3. The number of Topliss-reactive ketones (excluding diaryl/α,β-unsaturated/α-hetero) is 1. The van der Waals surface area contributed by atoms with E-state index in [1.807, 2.05) is 43.7 Å². The summed E-state index contributed by atoms with van der Waals surface area (Å²) in [7, 11) is 1.90. The molecule has 0 fully saturated rings. The zero-order chi connectivity index (χ0) is 20.4. The normalized spacial score (nSPS) is 11.1. The summed E-state index contributed by atoms with van der Waals surface area (Å²) < 4.78 is 4.10. The molecule has 0 spiro atoms. The molecule has 0 aliphatic rings. The third-order valence-electron chi connectivity index (χ3n) is 4.86.